The van der Waals surface area contributed by atoms with E-state index in [4.69, 9.17) is 0 Å². The Labute approximate surface area is 93.4 Å². The summed E-state index contributed by atoms with van der Waals surface area (Å²) in [6, 6.07) is 10.3. The van der Waals surface area contributed by atoms with Crippen LogP contribution in [0.1, 0.15) is 5.56 Å². The molecule has 3 aromatic rings. The average molecular weight is 212 g/mol. The molecule has 1 aromatic carbocycles. The highest BCUT2D eigenvalue weighted by Crippen LogP contribution is 1.99. The summed E-state index contributed by atoms with van der Waals surface area (Å²) in [5.41, 5.74) is 2.91. The van der Waals surface area contributed by atoms with Gasteiger partial charge in [0.05, 0.1) is 12.5 Å². The predicted octanol–water partition coefficient (Wildman–Crippen LogP) is 2.35. The summed E-state index contributed by atoms with van der Waals surface area (Å²) in [7, 11) is 0. The lowest BCUT2D eigenvalue weighted by Crippen LogP contribution is -1.76. The maximum atomic E-state index is 3.91. The van der Waals surface area contributed by atoms with E-state index in [9.17, 15) is 0 Å². The molecule has 0 radical (unpaired) electrons. The first kappa shape index (κ1) is 10.3. The molecule has 0 amide bonds. The van der Waals surface area contributed by atoms with E-state index < -0.39 is 0 Å². The van der Waals surface area contributed by atoms with Crippen molar-refractivity contribution < 1.29 is 0 Å². The molecule has 0 spiro atoms. The maximum absolute atomic E-state index is 3.91. The number of benzene rings is 1. The van der Waals surface area contributed by atoms with E-state index in [-0.39, 0.29) is 0 Å². The van der Waals surface area contributed by atoms with Crippen LogP contribution in [0.2, 0.25) is 0 Å². The number of rotatable bonds is 0. The molecule has 0 unspecified atom stereocenters. The standard InChI is InChI=1S/C7H8.C5H4N4/c1-7-5-3-2-4-6-7;1-4-5(8-2-6-1)9-3-7-4/h2-6H,1H3;1-3H,(H,6,7,8,9). The monoisotopic (exact) mass is 212 g/mol. The molecule has 0 atom stereocenters. The van der Waals surface area contributed by atoms with Crippen molar-refractivity contribution in [2.75, 3.05) is 0 Å². The second-order valence-electron chi connectivity index (χ2n) is 3.32. The van der Waals surface area contributed by atoms with Crippen molar-refractivity contribution in [2.45, 2.75) is 6.92 Å². The van der Waals surface area contributed by atoms with Crippen molar-refractivity contribution in [3.63, 3.8) is 0 Å². The second kappa shape index (κ2) is 5.02. The number of aryl methyl sites for hydroxylation is 1. The van der Waals surface area contributed by atoms with Crippen molar-refractivity contribution in [1.29, 1.82) is 0 Å². The number of H-pyrrole nitrogens is 1. The van der Waals surface area contributed by atoms with E-state index in [1.807, 2.05) is 18.2 Å². The summed E-state index contributed by atoms with van der Waals surface area (Å²) in [6.07, 6.45) is 4.76. The highest BCUT2D eigenvalue weighted by Gasteiger charge is 1.91. The Kier molecular flexibility index (Phi) is 3.23. The molecular formula is C12H12N4. The SMILES string of the molecule is Cc1ccccc1.c1ncc2[nH]cnc2n1. The Bertz CT molecular complexity index is 515. The zero-order valence-corrected chi connectivity index (χ0v) is 8.96. The summed E-state index contributed by atoms with van der Waals surface area (Å²) < 4.78 is 0. The number of hydrogen-bond acceptors (Lipinski definition) is 3. The van der Waals surface area contributed by atoms with Gasteiger partial charge in [-0.3, -0.25) is 0 Å². The van der Waals surface area contributed by atoms with E-state index in [0.717, 1.165) is 5.52 Å². The van der Waals surface area contributed by atoms with E-state index >= 15 is 0 Å². The van der Waals surface area contributed by atoms with Crippen LogP contribution in [0.4, 0.5) is 0 Å². The maximum Gasteiger partial charge on any atom is 0.180 e. The number of aromatic nitrogens is 4. The molecule has 0 saturated carbocycles. The fourth-order valence-corrected chi connectivity index (χ4v) is 1.23. The van der Waals surface area contributed by atoms with Crippen molar-refractivity contribution in [3.8, 4) is 0 Å². The molecule has 3 rings (SSSR count). The Morgan fingerprint density at radius 2 is 1.88 bits per heavy atom. The zero-order chi connectivity index (χ0) is 11.2. The lowest BCUT2D eigenvalue weighted by Gasteiger charge is -1.82. The molecule has 16 heavy (non-hydrogen) atoms. The minimum absolute atomic E-state index is 0.713. The largest absolute Gasteiger partial charge is 0.342 e. The number of nitrogens with one attached hydrogen (secondary N) is 1. The summed E-state index contributed by atoms with van der Waals surface area (Å²) in [6.45, 7) is 2.08. The van der Waals surface area contributed by atoms with Crippen LogP contribution in [0.15, 0.2) is 49.2 Å². The molecule has 0 bridgehead atoms. The van der Waals surface area contributed by atoms with Crippen LogP contribution >= 0.6 is 0 Å². The van der Waals surface area contributed by atoms with E-state index in [1.165, 1.54) is 11.9 Å². The third-order valence-electron chi connectivity index (χ3n) is 2.04. The molecule has 80 valence electrons. The van der Waals surface area contributed by atoms with Crippen LogP contribution in [-0.4, -0.2) is 19.9 Å². The second-order valence-corrected chi connectivity index (χ2v) is 3.32. The molecule has 0 aliphatic heterocycles. The first-order valence-electron chi connectivity index (χ1n) is 4.97. The molecular weight excluding hydrogens is 200 g/mol. The van der Waals surface area contributed by atoms with Gasteiger partial charge in [0, 0.05) is 0 Å². The molecule has 0 fully saturated rings. The van der Waals surface area contributed by atoms with Crippen LogP contribution in [0.25, 0.3) is 11.2 Å². The Hall–Kier alpha value is -2.23. The third kappa shape index (κ3) is 2.63. The summed E-state index contributed by atoms with van der Waals surface area (Å²) in [4.78, 5) is 14.5. The summed E-state index contributed by atoms with van der Waals surface area (Å²) >= 11 is 0. The Balaban J connectivity index is 0.000000125. The van der Waals surface area contributed by atoms with Gasteiger partial charge in [-0.1, -0.05) is 35.9 Å². The minimum Gasteiger partial charge on any atom is -0.342 e. The van der Waals surface area contributed by atoms with Gasteiger partial charge in [0.1, 0.15) is 11.8 Å². The van der Waals surface area contributed by atoms with Gasteiger partial charge in [-0.2, -0.15) is 0 Å². The van der Waals surface area contributed by atoms with Crippen LogP contribution in [0.5, 0.6) is 0 Å². The van der Waals surface area contributed by atoms with Gasteiger partial charge >= 0.3 is 0 Å². The number of imidazole rings is 1. The summed E-state index contributed by atoms with van der Waals surface area (Å²) in [5.74, 6) is 0. The van der Waals surface area contributed by atoms with Gasteiger partial charge in [0.2, 0.25) is 0 Å². The van der Waals surface area contributed by atoms with E-state index in [2.05, 4.69) is 39.0 Å². The smallest absolute Gasteiger partial charge is 0.180 e. The van der Waals surface area contributed by atoms with Gasteiger partial charge in [-0.05, 0) is 6.92 Å². The topological polar surface area (TPSA) is 54.5 Å². The lowest BCUT2D eigenvalue weighted by molar-refractivity contribution is 1.20. The normalized spacial score (nSPS) is 9.56. The van der Waals surface area contributed by atoms with Crippen molar-refractivity contribution in [1.82, 2.24) is 19.9 Å². The number of aromatic amines is 1. The van der Waals surface area contributed by atoms with Crippen LogP contribution in [-0.2, 0) is 0 Å². The number of nitrogens with zero attached hydrogens (tertiary/aromatic N) is 3. The Morgan fingerprint density at radius 3 is 2.50 bits per heavy atom. The molecule has 4 heteroatoms. The van der Waals surface area contributed by atoms with Crippen molar-refractivity contribution >= 4 is 11.2 Å². The van der Waals surface area contributed by atoms with Gasteiger partial charge in [0.25, 0.3) is 0 Å². The van der Waals surface area contributed by atoms with E-state index in [0.29, 0.717) is 5.65 Å². The minimum atomic E-state index is 0.713. The highest BCUT2D eigenvalue weighted by molar-refractivity contribution is 5.67. The molecule has 2 aromatic heterocycles. The molecule has 0 aliphatic rings. The average Bonchev–Trinajstić information content (AvgIpc) is 2.79. The van der Waals surface area contributed by atoms with Crippen LogP contribution in [0.3, 0.4) is 0 Å². The van der Waals surface area contributed by atoms with Crippen molar-refractivity contribution in [3.05, 3.63) is 54.7 Å². The van der Waals surface area contributed by atoms with Crippen molar-refractivity contribution in [2.24, 2.45) is 0 Å². The first-order chi connectivity index (χ1) is 7.86. The van der Waals surface area contributed by atoms with Crippen LogP contribution < -0.4 is 0 Å². The first-order valence-corrected chi connectivity index (χ1v) is 4.97. The van der Waals surface area contributed by atoms with Gasteiger partial charge in [-0.25, -0.2) is 15.0 Å². The predicted molar refractivity (Wildman–Crippen MR) is 62.9 cm³/mol. The molecule has 0 saturated heterocycles. The molecule has 2 heterocycles. The Morgan fingerprint density at radius 1 is 1.06 bits per heavy atom. The van der Waals surface area contributed by atoms with Gasteiger partial charge in [0.15, 0.2) is 5.65 Å². The third-order valence-corrected chi connectivity index (χ3v) is 2.04. The van der Waals surface area contributed by atoms with E-state index in [1.54, 1.807) is 12.5 Å². The van der Waals surface area contributed by atoms with Crippen LogP contribution in [0, 0.1) is 6.92 Å². The zero-order valence-electron chi connectivity index (χ0n) is 8.96. The van der Waals surface area contributed by atoms with Gasteiger partial charge in [-0.15, -0.1) is 0 Å². The fraction of sp³-hybridized carbons (Fsp3) is 0.0833. The fourth-order valence-electron chi connectivity index (χ4n) is 1.23. The highest BCUT2D eigenvalue weighted by atomic mass is 15.0. The quantitative estimate of drug-likeness (QED) is 0.622. The molecule has 4 nitrogen and oxygen atoms in total. The lowest BCUT2D eigenvalue weighted by atomic mass is 10.2. The molecule has 1 N–H and O–H groups in total. The molecule has 0 aliphatic carbocycles. The number of fused-ring (bicyclic) bond motifs is 1. The number of hydrogen-bond donors (Lipinski definition) is 1. The summed E-state index contributed by atoms with van der Waals surface area (Å²) in [5, 5.41) is 0. The van der Waals surface area contributed by atoms with Gasteiger partial charge < -0.3 is 4.98 Å².